The van der Waals surface area contributed by atoms with Crippen LogP contribution in [0.5, 0.6) is 0 Å². The number of fused-ring (bicyclic) bond motifs is 1. The van der Waals surface area contributed by atoms with Crippen LogP contribution in [0.3, 0.4) is 0 Å². The van der Waals surface area contributed by atoms with Crippen LogP contribution >= 0.6 is 11.3 Å². The Morgan fingerprint density at radius 1 is 1.41 bits per heavy atom. The van der Waals surface area contributed by atoms with Gasteiger partial charge in [-0.15, -0.1) is 11.3 Å². The van der Waals surface area contributed by atoms with Gasteiger partial charge in [-0.3, -0.25) is 9.20 Å². The molecule has 1 fully saturated rings. The number of likely N-dealkylation sites (tertiary alicyclic amines) is 1. The van der Waals surface area contributed by atoms with Crippen molar-refractivity contribution in [3.8, 4) is 0 Å². The molecule has 0 N–H and O–H groups in total. The van der Waals surface area contributed by atoms with Crippen LogP contribution in [0.15, 0.2) is 42.2 Å². The number of amides is 1. The second-order valence-electron chi connectivity index (χ2n) is 5.49. The standard InChI is InChI=1S/C16H14FN3OS/c17-13-3-1-2-11(8-13)15(21)19-5-4-12(9-19)14-16-20(10-18-14)6-7-22-16/h1-3,6-8,10,12H,4-5,9H2/t12-/m0/s1. The third-order valence-corrected chi connectivity index (χ3v) is 5.01. The van der Waals surface area contributed by atoms with Crippen molar-refractivity contribution in [3.05, 3.63) is 59.2 Å². The van der Waals surface area contributed by atoms with E-state index in [0.717, 1.165) is 16.9 Å². The Morgan fingerprint density at radius 2 is 2.32 bits per heavy atom. The fraction of sp³-hybridized carbons (Fsp3) is 0.250. The van der Waals surface area contributed by atoms with Crippen LogP contribution in [0.25, 0.3) is 4.83 Å². The fourth-order valence-corrected chi connectivity index (χ4v) is 3.89. The average molecular weight is 315 g/mol. The highest BCUT2D eigenvalue weighted by molar-refractivity contribution is 7.15. The van der Waals surface area contributed by atoms with Crippen molar-refractivity contribution in [2.45, 2.75) is 12.3 Å². The number of carbonyl (C=O) groups excluding carboxylic acids is 1. The van der Waals surface area contributed by atoms with Gasteiger partial charge in [-0.2, -0.15) is 0 Å². The lowest BCUT2D eigenvalue weighted by Crippen LogP contribution is -2.28. The van der Waals surface area contributed by atoms with Gasteiger partial charge in [-0.1, -0.05) is 6.07 Å². The highest BCUT2D eigenvalue weighted by Crippen LogP contribution is 2.31. The molecule has 1 aliphatic rings. The molecule has 0 bridgehead atoms. The van der Waals surface area contributed by atoms with E-state index in [-0.39, 0.29) is 17.6 Å². The number of rotatable bonds is 2. The monoisotopic (exact) mass is 315 g/mol. The first-order chi connectivity index (χ1) is 10.7. The number of hydrogen-bond donors (Lipinski definition) is 0. The summed E-state index contributed by atoms with van der Waals surface area (Å²) >= 11 is 1.66. The minimum Gasteiger partial charge on any atom is -0.338 e. The number of imidazole rings is 1. The first-order valence-corrected chi connectivity index (χ1v) is 8.05. The highest BCUT2D eigenvalue weighted by Gasteiger charge is 2.30. The van der Waals surface area contributed by atoms with Crippen molar-refractivity contribution < 1.29 is 9.18 Å². The number of hydrogen-bond acceptors (Lipinski definition) is 3. The Morgan fingerprint density at radius 3 is 3.18 bits per heavy atom. The molecule has 1 atom stereocenters. The number of halogens is 1. The van der Waals surface area contributed by atoms with E-state index in [4.69, 9.17) is 0 Å². The number of nitrogens with zero attached hydrogens (tertiary/aromatic N) is 3. The summed E-state index contributed by atoms with van der Waals surface area (Å²) in [6.45, 7) is 1.32. The van der Waals surface area contributed by atoms with Crippen LogP contribution in [-0.2, 0) is 0 Å². The smallest absolute Gasteiger partial charge is 0.253 e. The van der Waals surface area contributed by atoms with Crippen molar-refractivity contribution in [1.29, 1.82) is 0 Å². The van der Waals surface area contributed by atoms with Crippen LogP contribution < -0.4 is 0 Å². The first-order valence-electron chi connectivity index (χ1n) is 7.17. The predicted octanol–water partition coefficient (Wildman–Crippen LogP) is 3.16. The summed E-state index contributed by atoms with van der Waals surface area (Å²) in [7, 11) is 0. The van der Waals surface area contributed by atoms with Crippen LogP contribution in [-0.4, -0.2) is 33.3 Å². The lowest BCUT2D eigenvalue weighted by Gasteiger charge is -2.16. The molecule has 1 saturated heterocycles. The van der Waals surface area contributed by atoms with E-state index in [0.29, 0.717) is 18.7 Å². The molecule has 1 amide bonds. The van der Waals surface area contributed by atoms with Gasteiger partial charge >= 0.3 is 0 Å². The number of carbonyl (C=O) groups is 1. The van der Waals surface area contributed by atoms with E-state index in [1.165, 1.54) is 12.1 Å². The summed E-state index contributed by atoms with van der Waals surface area (Å²) in [5.74, 6) is -0.235. The quantitative estimate of drug-likeness (QED) is 0.728. The molecule has 22 heavy (non-hydrogen) atoms. The lowest BCUT2D eigenvalue weighted by molar-refractivity contribution is 0.0790. The predicted molar refractivity (Wildman–Crippen MR) is 82.7 cm³/mol. The zero-order valence-electron chi connectivity index (χ0n) is 11.8. The fourth-order valence-electron chi connectivity index (χ4n) is 3.00. The van der Waals surface area contributed by atoms with Gasteiger partial charge in [0.15, 0.2) is 0 Å². The summed E-state index contributed by atoms with van der Waals surface area (Å²) in [5.41, 5.74) is 1.47. The van der Waals surface area contributed by atoms with E-state index >= 15 is 0 Å². The molecule has 3 heterocycles. The molecular formula is C16H14FN3OS. The highest BCUT2D eigenvalue weighted by atomic mass is 32.1. The largest absolute Gasteiger partial charge is 0.338 e. The van der Waals surface area contributed by atoms with Gasteiger partial charge in [0.25, 0.3) is 5.91 Å². The zero-order chi connectivity index (χ0) is 15.1. The summed E-state index contributed by atoms with van der Waals surface area (Å²) in [6.07, 6.45) is 4.70. The van der Waals surface area contributed by atoms with Crippen LogP contribution in [0.2, 0.25) is 0 Å². The van der Waals surface area contributed by atoms with Crippen molar-refractivity contribution in [1.82, 2.24) is 14.3 Å². The molecule has 1 aromatic carbocycles. The second kappa shape index (κ2) is 5.21. The minimum absolute atomic E-state index is 0.108. The Labute approximate surface area is 130 Å². The lowest BCUT2D eigenvalue weighted by atomic mass is 10.1. The van der Waals surface area contributed by atoms with Crippen molar-refractivity contribution in [2.24, 2.45) is 0 Å². The molecule has 0 radical (unpaired) electrons. The topological polar surface area (TPSA) is 37.6 Å². The van der Waals surface area contributed by atoms with Gasteiger partial charge in [0.1, 0.15) is 17.0 Å². The first kappa shape index (κ1) is 13.5. The zero-order valence-corrected chi connectivity index (χ0v) is 12.6. The maximum atomic E-state index is 13.3. The molecule has 0 saturated carbocycles. The maximum absolute atomic E-state index is 13.3. The number of benzene rings is 1. The molecule has 1 aliphatic heterocycles. The molecule has 4 nitrogen and oxygen atoms in total. The van der Waals surface area contributed by atoms with Crippen LogP contribution in [0.1, 0.15) is 28.4 Å². The third kappa shape index (κ3) is 2.20. The van der Waals surface area contributed by atoms with E-state index in [9.17, 15) is 9.18 Å². The van der Waals surface area contributed by atoms with Crippen molar-refractivity contribution in [3.63, 3.8) is 0 Å². The molecule has 0 spiro atoms. The average Bonchev–Trinajstić information content (AvgIpc) is 3.22. The molecule has 3 aromatic rings. The van der Waals surface area contributed by atoms with E-state index in [1.807, 2.05) is 22.3 Å². The molecule has 0 unspecified atom stereocenters. The summed E-state index contributed by atoms with van der Waals surface area (Å²) in [4.78, 5) is 19.9. The Bertz CT molecular complexity index is 841. The number of thiazole rings is 1. The van der Waals surface area contributed by atoms with Gasteiger partial charge in [0.2, 0.25) is 0 Å². The van der Waals surface area contributed by atoms with Crippen molar-refractivity contribution >= 4 is 22.1 Å². The SMILES string of the molecule is O=C(c1cccc(F)c1)N1CC[C@H](c2ncn3ccsc23)C1. The molecule has 112 valence electrons. The van der Waals surface area contributed by atoms with E-state index in [1.54, 1.807) is 28.4 Å². The normalized spacial score (nSPS) is 18.2. The Kier molecular flexibility index (Phi) is 3.18. The molecule has 2 aromatic heterocycles. The summed E-state index contributed by atoms with van der Waals surface area (Å²) < 4.78 is 15.3. The molecule has 0 aliphatic carbocycles. The summed E-state index contributed by atoms with van der Waals surface area (Å²) in [5, 5.41) is 2.03. The van der Waals surface area contributed by atoms with Gasteiger partial charge in [0.05, 0.1) is 5.69 Å². The maximum Gasteiger partial charge on any atom is 0.253 e. The minimum atomic E-state index is -0.379. The summed E-state index contributed by atoms with van der Waals surface area (Å²) in [6, 6.07) is 5.87. The third-order valence-electron chi connectivity index (χ3n) is 4.11. The van der Waals surface area contributed by atoms with Gasteiger partial charge in [-0.05, 0) is 24.6 Å². The Hall–Kier alpha value is -2.21. The van der Waals surface area contributed by atoms with Crippen LogP contribution in [0.4, 0.5) is 4.39 Å². The van der Waals surface area contributed by atoms with Gasteiger partial charge in [0, 0.05) is 36.1 Å². The molecular weight excluding hydrogens is 301 g/mol. The number of aromatic nitrogens is 2. The van der Waals surface area contributed by atoms with E-state index < -0.39 is 0 Å². The van der Waals surface area contributed by atoms with E-state index in [2.05, 4.69) is 4.98 Å². The second-order valence-corrected chi connectivity index (χ2v) is 6.39. The Balaban J connectivity index is 1.55. The van der Waals surface area contributed by atoms with Gasteiger partial charge in [-0.25, -0.2) is 9.37 Å². The van der Waals surface area contributed by atoms with Gasteiger partial charge < -0.3 is 4.90 Å². The molecule has 4 rings (SSSR count). The van der Waals surface area contributed by atoms with Crippen LogP contribution in [0, 0.1) is 5.82 Å². The molecule has 6 heteroatoms. The van der Waals surface area contributed by atoms with Crippen molar-refractivity contribution in [2.75, 3.05) is 13.1 Å².